The van der Waals surface area contributed by atoms with Crippen molar-refractivity contribution in [1.82, 2.24) is 0 Å². The summed E-state index contributed by atoms with van der Waals surface area (Å²) in [6, 6.07) is 40.0. The molecule has 1 spiro atoms. The van der Waals surface area contributed by atoms with E-state index in [1.54, 1.807) is 0 Å². The summed E-state index contributed by atoms with van der Waals surface area (Å²) in [6.07, 6.45) is 0. The van der Waals surface area contributed by atoms with Crippen molar-refractivity contribution in [2.45, 2.75) is 26.2 Å². The van der Waals surface area contributed by atoms with E-state index in [4.69, 9.17) is 61.9 Å². The number of ether oxygens (including phenoxy) is 2. The number of hydrogen-bond donors (Lipinski definition) is 0. The van der Waals surface area contributed by atoms with E-state index in [1.807, 2.05) is 36.4 Å². The molecule has 274 valence electrons. The second kappa shape index (κ2) is 10.9. The van der Waals surface area contributed by atoms with Crippen molar-refractivity contribution in [1.29, 1.82) is 0 Å². The van der Waals surface area contributed by atoms with Crippen molar-refractivity contribution in [3.63, 3.8) is 0 Å². The topological polar surface area (TPSA) is 40.2 Å². The number of hydrogen-bond acceptors (Lipinski definition) is 5. The van der Waals surface area contributed by atoms with Crippen molar-refractivity contribution in [2.75, 3.05) is 4.90 Å². The summed E-state index contributed by atoms with van der Waals surface area (Å²) in [7, 11) is 0. The predicted octanol–water partition coefficient (Wildman–Crippen LogP) is 12.9. The number of benzene rings is 8. The second-order valence-corrected chi connectivity index (χ2v) is 27.6. The number of nitrogens with zero attached hydrogens (tertiary/aromatic N) is 1. The number of anilines is 3. The van der Waals surface area contributed by atoms with Crippen LogP contribution in [-0.2, 0) is 5.41 Å². The molecule has 0 aromatic heterocycles. The molecule has 8 aromatic carbocycles. The molecule has 8 aromatic rings. The van der Waals surface area contributed by atoms with Gasteiger partial charge >= 0.3 is 347 Å². The Hall–Kier alpha value is -4.48. The molecule has 0 atom stereocenters. The molecule has 4 aliphatic heterocycles. The van der Waals surface area contributed by atoms with Crippen LogP contribution in [0.15, 0.2) is 115 Å². The molecule has 5 nitrogen and oxygen atoms in total. The predicted molar refractivity (Wildman–Crippen MR) is 231 cm³/mol. The van der Waals surface area contributed by atoms with Crippen molar-refractivity contribution in [3.05, 3.63) is 141 Å². The zero-order valence-corrected chi connectivity index (χ0v) is 35.6. The standard InChI is InChI=1S/C40H28NO2.C6H2Cl4O2.Sb/c1-40(2,3)29-16-18-30(19-17-29)41-31-20-26-10-4-7-13-34(26)37(23-31)42-33-22-28-12-6-9-15-36(28)39(25-33)43-38-24-32(41)21-27-11-5-8-14-35(27)38;7-1-2(8)4(10)6(12)5(11)3(1)9;/h4-22H,1-3H3;11-12H;/q;;+2/p-2. The molecule has 12 rings (SSSR count). The SMILES string of the molecule is CC(C)(C)c1ccc(N2c3cc4ccccc4c4[c]3[Sb]35([O]c6c(Cl)c(Cl)c(Cl)c(Cl)c6[O]3)[c]3c(cc6ccccc6c3Oc3[c]5c2cc2ccccc32)O4)cc1. The van der Waals surface area contributed by atoms with Gasteiger partial charge in [-0.1, -0.05) is 0 Å². The van der Waals surface area contributed by atoms with Crippen LogP contribution in [0.5, 0.6) is 34.5 Å². The van der Waals surface area contributed by atoms with Crippen LogP contribution in [0.2, 0.25) is 20.1 Å². The Morgan fingerprint density at radius 3 is 1.43 bits per heavy atom. The molecule has 0 aliphatic carbocycles. The molecule has 0 unspecified atom stereocenters. The first-order chi connectivity index (χ1) is 27.0. The summed E-state index contributed by atoms with van der Waals surface area (Å²) in [5.41, 5.74) is 3.86. The van der Waals surface area contributed by atoms with Gasteiger partial charge in [0.1, 0.15) is 0 Å². The van der Waals surface area contributed by atoms with Crippen LogP contribution >= 0.6 is 46.4 Å². The van der Waals surface area contributed by atoms with E-state index in [0.29, 0.717) is 23.0 Å². The van der Waals surface area contributed by atoms with Crippen LogP contribution in [0.25, 0.3) is 32.3 Å². The van der Waals surface area contributed by atoms with Crippen molar-refractivity contribution >= 4 is 125 Å². The Balaban J connectivity index is 1.35. The Morgan fingerprint density at radius 1 is 0.482 bits per heavy atom. The van der Waals surface area contributed by atoms with Crippen LogP contribution in [0, 0.1) is 0 Å². The summed E-state index contributed by atoms with van der Waals surface area (Å²) < 4.78 is 32.7. The van der Waals surface area contributed by atoms with Crippen molar-refractivity contribution < 1.29 is 15.5 Å². The van der Waals surface area contributed by atoms with Crippen molar-refractivity contribution in [3.8, 4) is 34.5 Å². The number of rotatable bonds is 1. The molecular formula is C46H28Cl4NO4Sb. The molecule has 4 heterocycles. The van der Waals surface area contributed by atoms with Gasteiger partial charge in [0.2, 0.25) is 0 Å². The average molecular weight is 922 g/mol. The molecule has 0 bridgehead atoms. The quantitative estimate of drug-likeness (QED) is 0.0932. The van der Waals surface area contributed by atoms with E-state index in [9.17, 15) is 0 Å². The fourth-order valence-electron chi connectivity index (χ4n) is 9.22. The Morgan fingerprint density at radius 2 is 0.929 bits per heavy atom. The molecule has 4 aliphatic rings. The summed E-state index contributed by atoms with van der Waals surface area (Å²) in [5.74, 6) is 2.99. The van der Waals surface area contributed by atoms with Gasteiger partial charge in [-0.05, 0) is 0 Å². The van der Waals surface area contributed by atoms with E-state index < -0.39 is 18.2 Å². The zero-order chi connectivity index (χ0) is 38.1. The number of halogens is 4. The van der Waals surface area contributed by atoms with Gasteiger partial charge in [-0.15, -0.1) is 0 Å². The van der Waals surface area contributed by atoms with Gasteiger partial charge in [0.25, 0.3) is 0 Å². The summed E-state index contributed by atoms with van der Waals surface area (Å²) in [6.45, 7) is 6.66. The molecule has 0 fully saturated rings. The zero-order valence-electron chi connectivity index (χ0n) is 30.0. The van der Waals surface area contributed by atoms with Crippen LogP contribution < -0.4 is 30.9 Å². The molecule has 0 amide bonds. The molecule has 0 N–H and O–H groups in total. The van der Waals surface area contributed by atoms with Gasteiger partial charge in [-0.25, -0.2) is 0 Å². The van der Waals surface area contributed by atoms with Crippen LogP contribution in [-0.4, -0.2) is 18.2 Å². The Bertz CT molecular complexity index is 3100. The van der Waals surface area contributed by atoms with Gasteiger partial charge < -0.3 is 0 Å². The third-order valence-corrected chi connectivity index (χ3v) is 27.1. The molecule has 56 heavy (non-hydrogen) atoms. The number of fused-ring (bicyclic) bond motifs is 7. The molecular weight excluding hydrogens is 894 g/mol. The van der Waals surface area contributed by atoms with Gasteiger partial charge in [-0.3, -0.25) is 0 Å². The van der Waals surface area contributed by atoms with Gasteiger partial charge in [-0.2, -0.15) is 0 Å². The fourth-order valence-corrected chi connectivity index (χ4v) is 26.4. The molecule has 0 saturated carbocycles. The third-order valence-electron chi connectivity index (χ3n) is 11.7. The van der Waals surface area contributed by atoms with E-state index in [1.165, 1.54) is 5.56 Å². The minimum absolute atomic E-state index is 0.0439. The third kappa shape index (κ3) is 3.92. The fraction of sp³-hybridized carbons (Fsp3) is 0.0870. The van der Waals surface area contributed by atoms with Gasteiger partial charge in [0.05, 0.1) is 0 Å². The van der Waals surface area contributed by atoms with Crippen LogP contribution in [0.1, 0.15) is 26.3 Å². The Labute approximate surface area is 343 Å². The van der Waals surface area contributed by atoms with E-state index in [2.05, 4.69) is 105 Å². The first-order valence-electron chi connectivity index (χ1n) is 18.2. The van der Waals surface area contributed by atoms with E-state index in [0.717, 1.165) is 59.9 Å². The molecule has 0 radical (unpaired) electrons. The van der Waals surface area contributed by atoms with E-state index >= 15 is 0 Å². The van der Waals surface area contributed by atoms with Crippen LogP contribution in [0.4, 0.5) is 17.1 Å². The maximum atomic E-state index is 7.88. The van der Waals surface area contributed by atoms with Crippen molar-refractivity contribution in [2.24, 2.45) is 0 Å². The summed E-state index contributed by atoms with van der Waals surface area (Å²) in [4.78, 5) is 2.30. The van der Waals surface area contributed by atoms with E-state index in [-0.39, 0.29) is 37.0 Å². The van der Waals surface area contributed by atoms with Gasteiger partial charge in [0, 0.05) is 0 Å². The first-order valence-corrected chi connectivity index (χ1v) is 25.6. The second-order valence-electron chi connectivity index (χ2n) is 15.8. The molecule has 0 saturated heterocycles. The Kier molecular flexibility index (Phi) is 6.56. The van der Waals surface area contributed by atoms with Crippen LogP contribution in [0.3, 0.4) is 0 Å². The normalized spacial score (nSPS) is 16.7. The molecule has 10 heteroatoms. The summed E-state index contributed by atoms with van der Waals surface area (Å²) >= 11 is 21.8. The maximum absolute atomic E-state index is 7.88. The summed E-state index contributed by atoms with van der Waals surface area (Å²) in [5, 5.41) is 6.07. The minimum atomic E-state index is -6.19. The average Bonchev–Trinajstić information content (AvgIpc) is 3.55. The first kappa shape index (κ1) is 33.6. The monoisotopic (exact) mass is 919 g/mol. The van der Waals surface area contributed by atoms with Gasteiger partial charge in [0.15, 0.2) is 0 Å².